The third-order valence-corrected chi connectivity index (χ3v) is 5.86. The van der Waals surface area contributed by atoms with E-state index >= 15 is 0 Å². The maximum absolute atomic E-state index is 13.6. The van der Waals surface area contributed by atoms with Crippen LogP contribution in [0.3, 0.4) is 0 Å². The van der Waals surface area contributed by atoms with Crippen LogP contribution in [0.5, 0.6) is 11.5 Å². The third kappa shape index (κ3) is 5.64. The molecule has 1 aliphatic rings. The number of aryl methyl sites for hydroxylation is 1. The quantitative estimate of drug-likeness (QED) is 0.231. The molecule has 1 saturated heterocycles. The van der Waals surface area contributed by atoms with E-state index in [2.05, 4.69) is 11.9 Å². The number of ether oxygens (including phenoxy) is 2. The highest BCUT2D eigenvalue weighted by Crippen LogP contribution is 2.36. The topological polar surface area (TPSA) is 84.9 Å². The van der Waals surface area contributed by atoms with Gasteiger partial charge in [-0.3, -0.25) is 14.9 Å². The number of hydrogen-bond donors (Lipinski definition) is 1. The molecule has 0 radical (unpaired) electrons. The van der Waals surface area contributed by atoms with Crippen molar-refractivity contribution in [3.05, 3.63) is 107 Å². The Morgan fingerprint density at radius 3 is 2.53 bits per heavy atom. The molecular weight excluding hydrogens is 487 g/mol. The molecule has 3 aromatic carbocycles. The van der Waals surface area contributed by atoms with Crippen molar-refractivity contribution >= 4 is 29.6 Å². The molecule has 8 heteroatoms. The molecule has 0 bridgehead atoms. The van der Waals surface area contributed by atoms with Gasteiger partial charge in [-0.15, -0.1) is 6.58 Å². The van der Waals surface area contributed by atoms with Gasteiger partial charge in [0.25, 0.3) is 11.8 Å². The first-order valence-electron chi connectivity index (χ1n) is 12.1. The van der Waals surface area contributed by atoms with Crippen LogP contribution in [0, 0.1) is 12.7 Å². The minimum atomic E-state index is -0.810. The molecule has 4 rings (SSSR count). The lowest BCUT2D eigenvalue weighted by atomic mass is 10.0. The number of benzene rings is 3. The number of rotatable bonds is 9. The van der Waals surface area contributed by atoms with Gasteiger partial charge in [-0.25, -0.2) is 14.1 Å². The van der Waals surface area contributed by atoms with E-state index in [-0.39, 0.29) is 18.0 Å². The zero-order chi connectivity index (χ0) is 27.2. The van der Waals surface area contributed by atoms with E-state index in [9.17, 15) is 18.8 Å². The van der Waals surface area contributed by atoms with Crippen molar-refractivity contribution in [2.24, 2.45) is 0 Å². The SMILES string of the molecule is C=CCc1cc(/C=C2\C(=O)NC(=O)N(c3ccccc3C)C2=O)cc(OCC)c1OCc1cccc(F)c1. The Labute approximate surface area is 220 Å². The van der Waals surface area contributed by atoms with E-state index < -0.39 is 17.8 Å². The lowest BCUT2D eigenvalue weighted by molar-refractivity contribution is -0.122. The van der Waals surface area contributed by atoms with Crippen LogP contribution in [-0.2, 0) is 22.6 Å². The number of imide groups is 2. The molecular formula is C30H27FN2O5. The van der Waals surface area contributed by atoms with E-state index in [0.717, 1.165) is 4.90 Å². The summed E-state index contributed by atoms with van der Waals surface area (Å²) in [7, 11) is 0. The van der Waals surface area contributed by atoms with Crippen LogP contribution in [0.25, 0.3) is 6.08 Å². The second-order valence-electron chi connectivity index (χ2n) is 8.60. The highest BCUT2D eigenvalue weighted by Gasteiger charge is 2.37. The molecule has 7 nitrogen and oxygen atoms in total. The predicted molar refractivity (Wildman–Crippen MR) is 142 cm³/mol. The van der Waals surface area contributed by atoms with Crippen molar-refractivity contribution in [3.8, 4) is 11.5 Å². The largest absolute Gasteiger partial charge is 0.490 e. The van der Waals surface area contributed by atoms with Gasteiger partial charge in [0.05, 0.1) is 12.3 Å². The second-order valence-corrected chi connectivity index (χ2v) is 8.60. The van der Waals surface area contributed by atoms with Crippen molar-refractivity contribution < 1.29 is 28.2 Å². The van der Waals surface area contributed by atoms with Crippen LogP contribution in [0.4, 0.5) is 14.9 Å². The summed E-state index contributed by atoms with van der Waals surface area (Å²) >= 11 is 0. The van der Waals surface area contributed by atoms with Crippen LogP contribution in [0.1, 0.15) is 29.2 Å². The molecule has 1 N–H and O–H groups in total. The lowest BCUT2D eigenvalue weighted by Crippen LogP contribution is -2.54. The number of allylic oxidation sites excluding steroid dienone is 1. The first kappa shape index (κ1) is 26.3. The number of anilines is 1. The summed E-state index contributed by atoms with van der Waals surface area (Å²) in [6, 6.07) is 15.6. The fraction of sp³-hybridized carbons (Fsp3) is 0.167. The molecule has 194 valence electrons. The van der Waals surface area contributed by atoms with Crippen molar-refractivity contribution in [2.45, 2.75) is 26.9 Å². The van der Waals surface area contributed by atoms with E-state index in [1.165, 1.54) is 18.2 Å². The van der Waals surface area contributed by atoms with Gasteiger partial charge in [0, 0.05) is 5.56 Å². The zero-order valence-electron chi connectivity index (χ0n) is 21.1. The predicted octanol–water partition coefficient (Wildman–Crippen LogP) is 5.51. The molecule has 3 aromatic rings. The molecule has 0 unspecified atom stereocenters. The van der Waals surface area contributed by atoms with Gasteiger partial charge in [-0.05, 0) is 73.4 Å². The summed E-state index contributed by atoms with van der Waals surface area (Å²) in [4.78, 5) is 39.6. The summed E-state index contributed by atoms with van der Waals surface area (Å²) in [6.45, 7) is 7.84. The van der Waals surface area contributed by atoms with Gasteiger partial charge in [0.15, 0.2) is 11.5 Å². The van der Waals surface area contributed by atoms with Gasteiger partial charge in [0.1, 0.15) is 18.0 Å². The number of hydrogen-bond acceptors (Lipinski definition) is 5. The molecule has 0 spiro atoms. The van der Waals surface area contributed by atoms with Crippen LogP contribution in [0.2, 0.25) is 0 Å². The highest BCUT2D eigenvalue weighted by atomic mass is 19.1. The van der Waals surface area contributed by atoms with Crippen LogP contribution < -0.4 is 19.7 Å². The average molecular weight is 515 g/mol. The lowest BCUT2D eigenvalue weighted by Gasteiger charge is -2.27. The standard InChI is InChI=1S/C30H27FN2O5/c1-4-9-22-14-21(17-26(37-5-2)27(22)38-18-20-11-8-12-23(31)15-20)16-24-28(34)32-30(36)33(29(24)35)25-13-7-6-10-19(25)3/h4,6-8,10-17H,1,5,9,18H2,2-3H3,(H,32,34,36)/b24-16+. The van der Waals surface area contributed by atoms with Crippen LogP contribution in [0.15, 0.2) is 78.9 Å². The molecule has 1 aliphatic heterocycles. The fourth-order valence-corrected chi connectivity index (χ4v) is 4.14. The number of halogens is 1. The Hall–Kier alpha value is -4.72. The average Bonchev–Trinajstić information content (AvgIpc) is 2.87. The Balaban J connectivity index is 1.73. The highest BCUT2D eigenvalue weighted by molar-refractivity contribution is 6.39. The maximum atomic E-state index is 13.6. The number of nitrogens with zero attached hydrogens (tertiary/aromatic N) is 1. The van der Waals surface area contributed by atoms with Crippen molar-refractivity contribution in [3.63, 3.8) is 0 Å². The van der Waals surface area contributed by atoms with Gasteiger partial charge in [-0.2, -0.15) is 0 Å². The van der Waals surface area contributed by atoms with Gasteiger partial charge in [-0.1, -0.05) is 36.4 Å². The number of urea groups is 1. The van der Waals surface area contributed by atoms with Crippen molar-refractivity contribution in [2.75, 3.05) is 11.5 Å². The number of carbonyl (C=O) groups excluding carboxylic acids is 3. The van der Waals surface area contributed by atoms with E-state index in [1.807, 2.05) is 6.92 Å². The van der Waals surface area contributed by atoms with Gasteiger partial charge in [0.2, 0.25) is 0 Å². The number of amides is 4. The number of carbonyl (C=O) groups is 3. The van der Waals surface area contributed by atoms with E-state index in [4.69, 9.17) is 9.47 Å². The smallest absolute Gasteiger partial charge is 0.335 e. The number of barbiturate groups is 1. The van der Waals surface area contributed by atoms with E-state index in [1.54, 1.807) is 61.5 Å². The summed E-state index contributed by atoms with van der Waals surface area (Å²) in [5, 5.41) is 2.25. The molecule has 0 atom stereocenters. The molecule has 4 amide bonds. The Morgan fingerprint density at radius 1 is 1.03 bits per heavy atom. The Morgan fingerprint density at radius 2 is 1.82 bits per heavy atom. The number of para-hydroxylation sites is 1. The Bertz CT molecular complexity index is 1450. The van der Waals surface area contributed by atoms with Crippen LogP contribution >= 0.6 is 0 Å². The second kappa shape index (κ2) is 11.6. The molecule has 0 aromatic heterocycles. The number of nitrogens with one attached hydrogen (secondary N) is 1. The summed E-state index contributed by atoms with van der Waals surface area (Å²) in [6.07, 6.45) is 3.51. The molecule has 0 aliphatic carbocycles. The summed E-state index contributed by atoms with van der Waals surface area (Å²) in [5.74, 6) is -1.04. The van der Waals surface area contributed by atoms with Crippen LogP contribution in [-0.4, -0.2) is 24.5 Å². The minimum absolute atomic E-state index is 0.108. The normalized spacial score (nSPS) is 14.4. The molecule has 1 fully saturated rings. The monoisotopic (exact) mass is 514 g/mol. The fourth-order valence-electron chi connectivity index (χ4n) is 4.14. The first-order valence-corrected chi connectivity index (χ1v) is 12.1. The van der Waals surface area contributed by atoms with E-state index in [0.29, 0.717) is 52.5 Å². The van der Waals surface area contributed by atoms with Crippen molar-refractivity contribution in [1.29, 1.82) is 0 Å². The first-order chi connectivity index (χ1) is 18.3. The molecule has 1 heterocycles. The van der Waals surface area contributed by atoms with Gasteiger partial charge < -0.3 is 9.47 Å². The maximum Gasteiger partial charge on any atom is 0.335 e. The molecule has 0 saturated carbocycles. The summed E-state index contributed by atoms with van der Waals surface area (Å²) < 4.78 is 25.5. The Kier molecular flexibility index (Phi) is 8.01. The minimum Gasteiger partial charge on any atom is -0.490 e. The van der Waals surface area contributed by atoms with Gasteiger partial charge >= 0.3 is 6.03 Å². The summed E-state index contributed by atoms with van der Waals surface area (Å²) in [5.41, 5.74) is 2.74. The zero-order valence-corrected chi connectivity index (χ0v) is 21.1. The molecule has 38 heavy (non-hydrogen) atoms. The van der Waals surface area contributed by atoms with Crippen molar-refractivity contribution in [1.82, 2.24) is 5.32 Å². The third-order valence-electron chi connectivity index (χ3n) is 5.86.